The van der Waals surface area contributed by atoms with E-state index in [1.54, 1.807) is 18.0 Å². The maximum atomic E-state index is 12.6. The van der Waals surface area contributed by atoms with Crippen LogP contribution in [0.15, 0.2) is 48.8 Å². The molecule has 3 nitrogen and oxygen atoms in total. The molecule has 1 aromatic carbocycles. The third-order valence-electron chi connectivity index (χ3n) is 4.05. The van der Waals surface area contributed by atoms with Crippen molar-refractivity contribution >= 4 is 29.3 Å². The summed E-state index contributed by atoms with van der Waals surface area (Å²) in [7, 11) is 0. The first-order valence-corrected chi connectivity index (χ1v) is 9.29. The second-order valence-electron chi connectivity index (χ2n) is 5.62. The van der Waals surface area contributed by atoms with Gasteiger partial charge >= 0.3 is 0 Å². The summed E-state index contributed by atoms with van der Waals surface area (Å²) in [6.45, 7) is 0.822. The summed E-state index contributed by atoms with van der Waals surface area (Å²) < 4.78 is 0. The molecule has 120 valence electrons. The van der Waals surface area contributed by atoms with Crippen molar-refractivity contribution in [3.05, 3.63) is 64.9 Å². The van der Waals surface area contributed by atoms with E-state index in [4.69, 9.17) is 11.6 Å². The Hall–Kier alpha value is -1.52. The number of halogens is 1. The number of amides is 1. The Morgan fingerprint density at radius 3 is 2.96 bits per heavy atom. The number of nitrogens with zero attached hydrogens (tertiary/aromatic N) is 2. The smallest absolute Gasteiger partial charge is 0.233 e. The molecule has 0 spiro atoms. The molecule has 1 aliphatic rings. The first kappa shape index (κ1) is 16.3. The van der Waals surface area contributed by atoms with Gasteiger partial charge < -0.3 is 4.90 Å². The van der Waals surface area contributed by atoms with Crippen LogP contribution in [0.5, 0.6) is 0 Å². The highest BCUT2D eigenvalue weighted by atomic mass is 35.5. The Morgan fingerprint density at radius 2 is 2.17 bits per heavy atom. The minimum Gasteiger partial charge on any atom is -0.335 e. The Kier molecular flexibility index (Phi) is 5.57. The highest BCUT2D eigenvalue weighted by Crippen LogP contribution is 2.36. The molecule has 1 unspecified atom stereocenters. The highest BCUT2D eigenvalue weighted by molar-refractivity contribution is 7.99. The summed E-state index contributed by atoms with van der Waals surface area (Å²) in [4.78, 5) is 18.7. The zero-order valence-electron chi connectivity index (χ0n) is 12.8. The summed E-state index contributed by atoms with van der Waals surface area (Å²) in [5, 5.41) is 0.750. The summed E-state index contributed by atoms with van der Waals surface area (Å²) in [5.74, 6) is 1.50. The van der Waals surface area contributed by atoms with Crippen molar-refractivity contribution in [3.63, 3.8) is 0 Å². The van der Waals surface area contributed by atoms with Crippen molar-refractivity contribution < 1.29 is 4.79 Å². The van der Waals surface area contributed by atoms with Gasteiger partial charge in [0.25, 0.3) is 0 Å². The second-order valence-corrected chi connectivity index (χ2v) is 7.01. The number of aromatic nitrogens is 1. The molecule has 1 aromatic heterocycles. The zero-order chi connectivity index (χ0) is 16.1. The molecule has 2 heterocycles. The van der Waals surface area contributed by atoms with E-state index >= 15 is 0 Å². The molecule has 1 saturated heterocycles. The Morgan fingerprint density at radius 1 is 1.30 bits per heavy atom. The first-order valence-electron chi connectivity index (χ1n) is 7.76. The van der Waals surface area contributed by atoms with Gasteiger partial charge in [-0.3, -0.25) is 9.78 Å². The average molecular weight is 347 g/mol. The lowest BCUT2D eigenvalue weighted by Gasteiger charge is -2.25. The molecule has 5 heteroatoms. The van der Waals surface area contributed by atoms with E-state index in [0.29, 0.717) is 5.75 Å². The number of carbonyl (C=O) groups excluding carboxylic acids is 1. The van der Waals surface area contributed by atoms with Crippen LogP contribution in [0.1, 0.15) is 30.0 Å². The van der Waals surface area contributed by atoms with Gasteiger partial charge in [-0.25, -0.2) is 0 Å². The highest BCUT2D eigenvalue weighted by Gasteiger charge is 2.30. The van der Waals surface area contributed by atoms with Gasteiger partial charge in [-0.05, 0) is 36.1 Å². The minimum atomic E-state index is 0.121. The van der Waals surface area contributed by atoms with E-state index < -0.39 is 0 Å². The molecule has 1 atom stereocenters. The van der Waals surface area contributed by atoms with Crippen LogP contribution in [0, 0.1) is 0 Å². The van der Waals surface area contributed by atoms with E-state index in [2.05, 4.69) is 4.98 Å². The van der Waals surface area contributed by atoms with Crippen LogP contribution in [0.4, 0.5) is 0 Å². The van der Waals surface area contributed by atoms with Crippen LogP contribution in [0.3, 0.4) is 0 Å². The SMILES string of the molecule is O=C(CSCc1cccnc1)N1CCCC1c1ccccc1Cl. The predicted molar refractivity (Wildman–Crippen MR) is 95.5 cm³/mol. The van der Waals surface area contributed by atoms with Crippen molar-refractivity contribution in [1.29, 1.82) is 0 Å². The molecule has 1 fully saturated rings. The molecule has 2 aromatic rings. The van der Waals surface area contributed by atoms with Crippen LogP contribution in [-0.4, -0.2) is 28.1 Å². The number of benzene rings is 1. The van der Waals surface area contributed by atoms with Crippen LogP contribution >= 0.6 is 23.4 Å². The van der Waals surface area contributed by atoms with Gasteiger partial charge in [-0.2, -0.15) is 0 Å². The quantitative estimate of drug-likeness (QED) is 0.807. The fourth-order valence-corrected chi connectivity index (χ4v) is 4.07. The predicted octanol–water partition coefficient (Wildman–Crippen LogP) is 4.33. The third-order valence-corrected chi connectivity index (χ3v) is 5.39. The summed E-state index contributed by atoms with van der Waals surface area (Å²) in [5.41, 5.74) is 2.21. The van der Waals surface area contributed by atoms with E-state index in [-0.39, 0.29) is 11.9 Å². The van der Waals surface area contributed by atoms with Gasteiger partial charge in [0.1, 0.15) is 0 Å². The number of hydrogen-bond acceptors (Lipinski definition) is 3. The first-order chi connectivity index (χ1) is 11.3. The van der Waals surface area contributed by atoms with Crippen molar-refractivity contribution in [2.24, 2.45) is 0 Å². The molecule has 0 radical (unpaired) electrons. The normalized spacial score (nSPS) is 17.4. The number of rotatable bonds is 5. The monoisotopic (exact) mass is 346 g/mol. The molecule has 0 saturated carbocycles. The van der Waals surface area contributed by atoms with E-state index in [0.717, 1.165) is 41.3 Å². The molecule has 23 heavy (non-hydrogen) atoms. The van der Waals surface area contributed by atoms with E-state index in [1.165, 1.54) is 0 Å². The minimum absolute atomic E-state index is 0.121. The standard InChI is InChI=1S/C18H19ClN2OS/c19-16-7-2-1-6-15(16)17-8-4-10-21(17)18(22)13-23-12-14-5-3-9-20-11-14/h1-3,5-7,9,11,17H,4,8,10,12-13H2. The van der Waals surface area contributed by atoms with Gasteiger partial charge in [-0.15, -0.1) is 11.8 Å². The summed E-state index contributed by atoms with van der Waals surface area (Å²) in [6, 6.07) is 11.9. The van der Waals surface area contributed by atoms with Gasteiger partial charge in [0.05, 0.1) is 11.8 Å². The van der Waals surface area contributed by atoms with E-state index in [1.807, 2.05) is 47.5 Å². The largest absolute Gasteiger partial charge is 0.335 e. The summed E-state index contributed by atoms with van der Waals surface area (Å²) >= 11 is 7.95. The van der Waals surface area contributed by atoms with Crippen LogP contribution < -0.4 is 0 Å². The van der Waals surface area contributed by atoms with Gasteiger partial charge in [0.15, 0.2) is 0 Å². The van der Waals surface area contributed by atoms with Crippen molar-refractivity contribution in [2.75, 3.05) is 12.3 Å². The lowest BCUT2D eigenvalue weighted by molar-refractivity contribution is -0.129. The summed E-state index contributed by atoms with van der Waals surface area (Å²) in [6.07, 6.45) is 5.63. The van der Waals surface area contributed by atoms with Gasteiger partial charge in [0, 0.05) is 29.7 Å². The Balaban J connectivity index is 1.59. The molecule has 0 bridgehead atoms. The Bertz CT molecular complexity index is 665. The fourth-order valence-electron chi connectivity index (χ4n) is 2.96. The average Bonchev–Trinajstić information content (AvgIpc) is 3.06. The number of likely N-dealkylation sites (tertiary alicyclic amines) is 1. The maximum Gasteiger partial charge on any atom is 0.233 e. The molecule has 1 aliphatic heterocycles. The lowest BCUT2D eigenvalue weighted by Crippen LogP contribution is -2.32. The lowest BCUT2D eigenvalue weighted by atomic mass is 10.0. The van der Waals surface area contributed by atoms with Crippen LogP contribution in [0.2, 0.25) is 5.02 Å². The fraction of sp³-hybridized carbons (Fsp3) is 0.333. The van der Waals surface area contributed by atoms with E-state index in [9.17, 15) is 4.79 Å². The number of carbonyl (C=O) groups is 1. The van der Waals surface area contributed by atoms with Crippen molar-refractivity contribution in [3.8, 4) is 0 Å². The van der Waals surface area contributed by atoms with Crippen LogP contribution in [-0.2, 0) is 10.5 Å². The number of pyridine rings is 1. The van der Waals surface area contributed by atoms with Crippen LogP contribution in [0.25, 0.3) is 0 Å². The number of hydrogen-bond donors (Lipinski definition) is 0. The maximum absolute atomic E-state index is 12.6. The molecule has 0 aliphatic carbocycles. The number of thioether (sulfide) groups is 1. The molecular weight excluding hydrogens is 328 g/mol. The molecular formula is C18H19ClN2OS. The molecule has 3 rings (SSSR count). The Labute approximate surface area is 146 Å². The van der Waals surface area contributed by atoms with Crippen molar-refractivity contribution in [2.45, 2.75) is 24.6 Å². The van der Waals surface area contributed by atoms with Gasteiger partial charge in [-0.1, -0.05) is 35.9 Å². The second kappa shape index (κ2) is 7.84. The molecule has 1 amide bonds. The van der Waals surface area contributed by atoms with Gasteiger partial charge in [0.2, 0.25) is 5.91 Å². The topological polar surface area (TPSA) is 33.2 Å². The third kappa shape index (κ3) is 4.06. The zero-order valence-corrected chi connectivity index (χ0v) is 14.4. The molecule has 0 N–H and O–H groups in total. The van der Waals surface area contributed by atoms with Crippen molar-refractivity contribution in [1.82, 2.24) is 9.88 Å².